The number of aryl methyl sites for hydroxylation is 2. The van der Waals surface area contributed by atoms with Gasteiger partial charge < -0.3 is 19.0 Å². The normalized spacial score (nSPS) is 20.9. The fraction of sp³-hybridized carbons (Fsp3) is 0.714. The molecule has 27 heavy (non-hydrogen) atoms. The lowest BCUT2D eigenvalue weighted by Gasteiger charge is -2.31. The maximum Gasteiger partial charge on any atom is 0.257 e. The van der Waals surface area contributed by atoms with Crippen LogP contribution in [0.2, 0.25) is 0 Å². The summed E-state index contributed by atoms with van der Waals surface area (Å²) in [6.45, 7) is 9.26. The molecule has 0 aliphatic carbocycles. The highest BCUT2D eigenvalue weighted by Gasteiger charge is 2.27. The molecular formula is C21H32N2O4. The van der Waals surface area contributed by atoms with Crippen LogP contribution >= 0.6 is 0 Å². The summed E-state index contributed by atoms with van der Waals surface area (Å²) in [5.74, 6) is 2.13. The minimum atomic E-state index is -0.0695. The Morgan fingerprint density at radius 2 is 1.96 bits per heavy atom. The van der Waals surface area contributed by atoms with Crippen molar-refractivity contribution in [3.8, 4) is 0 Å². The second-order valence-corrected chi connectivity index (χ2v) is 8.03. The molecule has 3 rings (SSSR count). The lowest BCUT2D eigenvalue weighted by Crippen LogP contribution is -2.42. The molecule has 150 valence electrons. The van der Waals surface area contributed by atoms with Gasteiger partial charge in [0.05, 0.1) is 11.7 Å². The van der Waals surface area contributed by atoms with Crippen LogP contribution in [0.5, 0.6) is 0 Å². The minimum Gasteiger partial charge on any atom is -0.466 e. The van der Waals surface area contributed by atoms with Gasteiger partial charge in [-0.25, -0.2) is 0 Å². The Morgan fingerprint density at radius 1 is 1.22 bits per heavy atom. The van der Waals surface area contributed by atoms with Gasteiger partial charge in [-0.3, -0.25) is 9.59 Å². The number of hydrogen-bond acceptors (Lipinski definition) is 4. The van der Waals surface area contributed by atoms with E-state index in [0.717, 1.165) is 51.1 Å². The van der Waals surface area contributed by atoms with Crippen molar-refractivity contribution >= 4 is 11.8 Å². The van der Waals surface area contributed by atoms with Crippen molar-refractivity contribution in [3.05, 3.63) is 23.2 Å². The molecule has 2 amide bonds. The first kappa shape index (κ1) is 19.9. The summed E-state index contributed by atoms with van der Waals surface area (Å²) < 4.78 is 11.3. The van der Waals surface area contributed by atoms with E-state index in [-0.39, 0.29) is 17.9 Å². The second-order valence-electron chi connectivity index (χ2n) is 8.03. The Hall–Kier alpha value is -1.82. The minimum absolute atomic E-state index is 0.0631. The first-order valence-electron chi connectivity index (χ1n) is 10.2. The van der Waals surface area contributed by atoms with Crippen molar-refractivity contribution in [2.45, 2.75) is 59.0 Å². The number of furan rings is 1. The van der Waals surface area contributed by atoms with Crippen LogP contribution < -0.4 is 0 Å². The van der Waals surface area contributed by atoms with E-state index in [0.29, 0.717) is 36.8 Å². The predicted molar refractivity (Wildman–Crippen MR) is 103 cm³/mol. The molecule has 2 aliphatic heterocycles. The van der Waals surface area contributed by atoms with Gasteiger partial charge in [0.25, 0.3) is 5.91 Å². The van der Waals surface area contributed by atoms with Crippen LogP contribution in [0.1, 0.15) is 60.9 Å². The second kappa shape index (κ2) is 8.91. The van der Waals surface area contributed by atoms with E-state index < -0.39 is 0 Å². The van der Waals surface area contributed by atoms with Crippen LogP contribution in [0.15, 0.2) is 10.5 Å². The Balaban J connectivity index is 1.63. The van der Waals surface area contributed by atoms with E-state index in [1.165, 1.54) is 0 Å². The van der Waals surface area contributed by atoms with Crippen LogP contribution in [0.3, 0.4) is 0 Å². The SMILES string of the molecule is Cc1cc(C(=O)N(CCC(=O)N2CCC(C)CC2)CC2CCCO2)c(C)o1. The summed E-state index contributed by atoms with van der Waals surface area (Å²) in [5, 5.41) is 0. The molecule has 1 atom stereocenters. The molecule has 2 aliphatic rings. The fourth-order valence-electron chi connectivity index (χ4n) is 3.97. The monoisotopic (exact) mass is 376 g/mol. The van der Waals surface area contributed by atoms with Gasteiger partial charge in [-0.1, -0.05) is 6.92 Å². The molecule has 1 unspecified atom stereocenters. The summed E-state index contributed by atoms with van der Waals surface area (Å²) in [4.78, 5) is 29.4. The summed E-state index contributed by atoms with van der Waals surface area (Å²) in [5.41, 5.74) is 0.588. The van der Waals surface area contributed by atoms with E-state index in [1.54, 1.807) is 11.0 Å². The number of hydrogen-bond donors (Lipinski definition) is 0. The molecule has 0 bridgehead atoms. The number of carbonyl (C=O) groups excluding carboxylic acids is 2. The number of likely N-dealkylation sites (tertiary alicyclic amines) is 1. The van der Waals surface area contributed by atoms with Gasteiger partial charge in [0, 0.05) is 39.2 Å². The van der Waals surface area contributed by atoms with Gasteiger partial charge in [0.15, 0.2) is 0 Å². The molecule has 1 aromatic heterocycles. The maximum atomic E-state index is 13.1. The Bertz CT molecular complexity index is 655. The average Bonchev–Trinajstić information content (AvgIpc) is 3.27. The van der Waals surface area contributed by atoms with Crippen molar-refractivity contribution in [2.24, 2.45) is 5.92 Å². The van der Waals surface area contributed by atoms with Gasteiger partial charge in [-0.2, -0.15) is 0 Å². The van der Waals surface area contributed by atoms with Crippen LogP contribution in [-0.4, -0.2) is 60.5 Å². The van der Waals surface area contributed by atoms with Gasteiger partial charge in [-0.05, 0) is 51.5 Å². The molecule has 0 aromatic carbocycles. The van der Waals surface area contributed by atoms with Crippen LogP contribution in [0.25, 0.3) is 0 Å². The number of piperidine rings is 1. The highest BCUT2D eigenvalue weighted by Crippen LogP contribution is 2.20. The van der Waals surface area contributed by atoms with Crippen molar-refractivity contribution < 1.29 is 18.7 Å². The van der Waals surface area contributed by atoms with Gasteiger partial charge in [-0.15, -0.1) is 0 Å². The van der Waals surface area contributed by atoms with Crippen molar-refractivity contribution in [1.29, 1.82) is 0 Å². The van der Waals surface area contributed by atoms with E-state index in [2.05, 4.69) is 6.92 Å². The molecule has 0 saturated carbocycles. The highest BCUT2D eigenvalue weighted by atomic mass is 16.5. The first-order chi connectivity index (χ1) is 12.9. The van der Waals surface area contributed by atoms with Gasteiger partial charge in [0.2, 0.25) is 5.91 Å². The lowest BCUT2D eigenvalue weighted by atomic mass is 9.99. The summed E-state index contributed by atoms with van der Waals surface area (Å²) >= 11 is 0. The van der Waals surface area contributed by atoms with Crippen molar-refractivity contribution in [1.82, 2.24) is 9.80 Å². The molecule has 0 radical (unpaired) electrons. The number of nitrogens with zero attached hydrogens (tertiary/aromatic N) is 2. The topological polar surface area (TPSA) is 63.0 Å². The average molecular weight is 376 g/mol. The van der Waals surface area contributed by atoms with Crippen molar-refractivity contribution in [2.75, 3.05) is 32.8 Å². The molecular weight excluding hydrogens is 344 g/mol. The van der Waals surface area contributed by atoms with E-state index in [1.807, 2.05) is 18.7 Å². The Morgan fingerprint density at radius 3 is 2.56 bits per heavy atom. The molecule has 0 spiro atoms. The van der Waals surface area contributed by atoms with E-state index >= 15 is 0 Å². The summed E-state index contributed by atoms with van der Waals surface area (Å²) in [6, 6.07) is 1.79. The number of rotatable bonds is 6. The standard InChI is InChI=1S/C21H32N2O4/c1-15-6-9-22(10-7-15)20(24)8-11-23(14-18-5-4-12-26-18)21(25)19-13-16(2)27-17(19)3/h13,15,18H,4-12,14H2,1-3H3. The fourth-order valence-corrected chi connectivity index (χ4v) is 3.97. The zero-order valence-electron chi connectivity index (χ0n) is 16.8. The quantitative estimate of drug-likeness (QED) is 0.765. The van der Waals surface area contributed by atoms with Crippen LogP contribution in [0.4, 0.5) is 0 Å². The largest absolute Gasteiger partial charge is 0.466 e. The molecule has 2 saturated heterocycles. The molecule has 6 heteroatoms. The number of amides is 2. The molecule has 0 N–H and O–H groups in total. The predicted octanol–water partition coefficient (Wildman–Crippen LogP) is 3.17. The molecule has 6 nitrogen and oxygen atoms in total. The van der Waals surface area contributed by atoms with E-state index in [9.17, 15) is 9.59 Å². The third kappa shape index (κ3) is 5.12. The van der Waals surface area contributed by atoms with Crippen LogP contribution in [0, 0.1) is 19.8 Å². The summed E-state index contributed by atoms with van der Waals surface area (Å²) in [6.07, 6.45) is 4.55. The smallest absolute Gasteiger partial charge is 0.257 e. The highest BCUT2D eigenvalue weighted by molar-refractivity contribution is 5.95. The lowest BCUT2D eigenvalue weighted by molar-refractivity contribution is -0.132. The number of carbonyl (C=O) groups is 2. The zero-order valence-corrected chi connectivity index (χ0v) is 16.8. The van der Waals surface area contributed by atoms with Gasteiger partial charge in [0.1, 0.15) is 11.5 Å². The Labute approximate surface area is 161 Å². The van der Waals surface area contributed by atoms with Crippen molar-refractivity contribution in [3.63, 3.8) is 0 Å². The van der Waals surface area contributed by atoms with Crippen LogP contribution in [-0.2, 0) is 9.53 Å². The third-order valence-electron chi connectivity index (χ3n) is 5.74. The molecule has 2 fully saturated rings. The third-order valence-corrected chi connectivity index (χ3v) is 5.74. The zero-order chi connectivity index (χ0) is 19.4. The van der Waals surface area contributed by atoms with E-state index in [4.69, 9.17) is 9.15 Å². The number of ether oxygens (including phenoxy) is 1. The molecule has 1 aromatic rings. The maximum absolute atomic E-state index is 13.1. The van der Waals surface area contributed by atoms with Gasteiger partial charge >= 0.3 is 0 Å². The molecule has 3 heterocycles. The first-order valence-corrected chi connectivity index (χ1v) is 10.2. The Kier molecular flexibility index (Phi) is 6.58. The summed E-state index contributed by atoms with van der Waals surface area (Å²) in [7, 11) is 0.